The summed E-state index contributed by atoms with van der Waals surface area (Å²) in [7, 11) is -1.10. The minimum Gasteiger partial charge on any atom is -0.497 e. The van der Waals surface area contributed by atoms with Crippen LogP contribution in [0.25, 0.3) is 0 Å². The summed E-state index contributed by atoms with van der Waals surface area (Å²) in [5.74, 6) is -0.233. The third-order valence-electron chi connectivity index (χ3n) is 6.78. The Kier molecular flexibility index (Phi) is 10.7. The predicted octanol–water partition coefficient (Wildman–Crippen LogP) is 4.64. The number of nitrogens with zero attached hydrogens (tertiary/aromatic N) is 2. The Morgan fingerprint density at radius 2 is 1.77 bits per heavy atom. The average Bonchev–Trinajstić information content (AvgIpc) is 3.40. The van der Waals surface area contributed by atoms with E-state index in [-0.39, 0.29) is 29.9 Å². The van der Waals surface area contributed by atoms with Crippen molar-refractivity contribution in [1.29, 1.82) is 0 Å². The fourth-order valence-corrected chi connectivity index (χ4v) is 6.02. The zero-order valence-electron chi connectivity index (χ0n) is 22.6. The van der Waals surface area contributed by atoms with E-state index in [1.54, 1.807) is 30.3 Å². The second-order valence-electron chi connectivity index (χ2n) is 9.48. The van der Waals surface area contributed by atoms with Crippen LogP contribution in [-0.4, -0.2) is 64.2 Å². The molecule has 0 spiro atoms. The lowest BCUT2D eigenvalue weighted by Crippen LogP contribution is -2.53. The first kappa shape index (κ1) is 30.8. The van der Waals surface area contributed by atoms with Crippen molar-refractivity contribution in [2.45, 2.75) is 57.7 Å². The summed E-state index contributed by atoms with van der Waals surface area (Å²) in [6.07, 6.45) is 5.17. The first-order chi connectivity index (χ1) is 18.5. The molecule has 0 saturated heterocycles. The van der Waals surface area contributed by atoms with E-state index in [4.69, 9.17) is 32.7 Å². The Morgan fingerprint density at radius 3 is 2.33 bits per heavy atom. The van der Waals surface area contributed by atoms with Gasteiger partial charge in [-0.2, -0.15) is 0 Å². The van der Waals surface area contributed by atoms with Crippen LogP contribution in [0.15, 0.2) is 36.4 Å². The first-order valence-electron chi connectivity index (χ1n) is 12.7. The number of hydrogen-bond acceptors (Lipinski definition) is 6. The van der Waals surface area contributed by atoms with Crippen LogP contribution in [0.4, 0.5) is 5.69 Å². The van der Waals surface area contributed by atoms with Crippen LogP contribution in [0.2, 0.25) is 10.0 Å². The van der Waals surface area contributed by atoms with Gasteiger partial charge in [0, 0.05) is 28.7 Å². The smallest absolute Gasteiger partial charge is 0.244 e. The molecule has 1 aliphatic rings. The monoisotopic (exact) mass is 599 g/mol. The molecule has 0 aromatic heterocycles. The van der Waals surface area contributed by atoms with Gasteiger partial charge in [0.1, 0.15) is 24.1 Å². The number of benzene rings is 2. The number of amides is 2. The predicted molar refractivity (Wildman–Crippen MR) is 153 cm³/mol. The summed E-state index contributed by atoms with van der Waals surface area (Å²) >= 11 is 12.5. The van der Waals surface area contributed by atoms with Crippen molar-refractivity contribution in [3.05, 3.63) is 52.0 Å². The first-order valence-corrected chi connectivity index (χ1v) is 15.3. The lowest BCUT2D eigenvalue weighted by molar-refractivity contribution is -0.140. The summed E-state index contributed by atoms with van der Waals surface area (Å²) in [4.78, 5) is 28.7. The number of nitrogens with one attached hydrogen (secondary N) is 1. The van der Waals surface area contributed by atoms with Crippen molar-refractivity contribution < 1.29 is 27.5 Å². The van der Waals surface area contributed by atoms with E-state index in [0.29, 0.717) is 27.8 Å². The van der Waals surface area contributed by atoms with Gasteiger partial charge >= 0.3 is 0 Å². The number of hydrogen-bond donors (Lipinski definition) is 1. The van der Waals surface area contributed by atoms with Gasteiger partial charge in [-0.05, 0) is 49.1 Å². The molecule has 12 heteroatoms. The molecule has 0 heterocycles. The van der Waals surface area contributed by atoms with E-state index in [0.717, 1.165) is 36.2 Å². The largest absolute Gasteiger partial charge is 0.497 e. The Morgan fingerprint density at radius 1 is 1.08 bits per heavy atom. The van der Waals surface area contributed by atoms with E-state index in [1.807, 2.05) is 6.92 Å². The molecule has 2 aromatic carbocycles. The number of rotatable bonds is 12. The van der Waals surface area contributed by atoms with E-state index >= 15 is 0 Å². The van der Waals surface area contributed by atoms with Crippen molar-refractivity contribution in [2.75, 3.05) is 31.3 Å². The van der Waals surface area contributed by atoms with Gasteiger partial charge in [-0.25, -0.2) is 8.42 Å². The van der Waals surface area contributed by atoms with Crippen LogP contribution < -0.4 is 19.1 Å². The minimum absolute atomic E-state index is 0.0156. The molecule has 0 aliphatic heterocycles. The number of anilines is 1. The number of carbonyl (C=O) groups excluding carboxylic acids is 2. The quantitative estimate of drug-likeness (QED) is 0.381. The molecule has 1 aliphatic carbocycles. The zero-order valence-corrected chi connectivity index (χ0v) is 24.9. The van der Waals surface area contributed by atoms with Gasteiger partial charge in [0.25, 0.3) is 0 Å². The third-order valence-corrected chi connectivity index (χ3v) is 8.49. The van der Waals surface area contributed by atoms with Gasteiger partial charge in [-0.1, -0.05) is 49.0 Å². The summed E-state index contributed by atoms with van der Waals surface area (Å²) in [5.41, 5.74) is 0.715. The number of methoxy groups -OCH3 is 2. The maximum Gasteiger partial charge on any atom is 0.244 e. The molecular formula is C27H35Cl2N3O6S. The molecule has 0 radical (unpaired) electrons. The molecule has 1 fully saturated rings. The van der Waals surface area contributed by atoms with Gasteiger partial charge in [0.05, 0.1) is 26.2 Å². The number of carbonyl (C=O) groups is 2. The number of ether oxygens (including phenoxy) is 2. The Bertz CT molecular complexity index is 1280. The maximum absolute atomic E-state index is 14.0. The molecule has 1 atom stereocenters. The molecule has 39 heavy (non-hydrogen) atoms. The van der Waals surface area contributed by atoms with E-state index in [9.17, 15) is 18.0 Å². The third kappa shape index (κ3) is 7.93. The van der Waals surface area contributed by atoms with Crippen LogP contribution in [0, 0.1) is 0 Å². The zero-order chi connectivity index (χ0) is 28.7. The topological polar surface area (TPSA) is 105 Å². The minimum atomic E-state index is -3.96. The van der Waals surface area contributed by atoms with Gasteiger partial charge in [-0.15, -0.1) is 0 Å². The second kappa shape index (κ2) is 13.6. The van der Waals surface area contributed by atoms with Crippen molar-refractivity contribution in [1.82, 2.24) is 10.2 Å². The molecule has 1 saturated carbocycles. The molecule has 3 rings (SSSR count). The highest BCUT2D eigenvalue weighted by Crippen LogP contribution is 2.34. The summed E-state index contributed by atoms with van der Waals surface area (Å²) in [5, 5.41) is 3.83. The SMILES string of the molecule is CCC(C(=O)NC1CCCC1)N(Cc1ccc(Cl)cc1Cl)C(=O)CN(c1cc(OC)ccc1OC)S(C)(=O)=O. The fraction of sp³-hybridized carbons (Fsp3) is 0.481. The van der Waals surface area contributed by atoms with Gasteiger partial charge in [0.2, 0.25) is 21.8 Å². The van der Waals surface area contributed by atoms with Crippen molar-refractivity contribution >= 4 is 50.7 Å². The van der Waals surface area contributed by atoms with Crippen LogP contribution in [0.3, 0.4) is 0 Å². The van der Waals surface area contributed by atoms with Crippen LogP contribution in [0.1, 0.15) is 44.6 Å². The molecule has 1 N–H and O–H groups in total. The Hall–Kier alpha value is -2.69. The standard InChI is InChI=1S/C27H35Cl2N3O6S/c1-5-23(27(34)30-20-8-6-7-9-20)31(16-18-10-11-19(28)14-22(18)29)26(33)17-32(39(4,35)36)24-15-21(37-2)12-13-25(24)38-3/h10-15,20,23H,5-9,16-17H2,1-4H3,(H,30,34). The molecule has 2 amide bonds. The molecule has 0 bridgehead atoms. The molecular weight excluding hydrogens is 565 g/mol. The van der Waals surface area contributed by atoms with Crippen molar-refractivity contribution in [3.8, 4) is 11.5 Å². The van der Waals surface area contributed by atoms with E-state index < -0.39 is 28.5 Å². The number of halogens is 2. The Labute approximate surface area is 240 Å². The lowest BCUT2D eigenvalue weighted by atomic mass is 10.1. The van der Waals surface area contributed by atoms with Crippen LogP contribution in [0.5, 0.6) is 11.5 Å². The summed E-state index contributed by atoms with van der Waals surface area (Å²) in [6, 6.07) is 8.77. The summed E-state index contributed by atoms with van der Waals surface area (Å²) in [6.45, 7) is 1.22. The molecule has 1 unspecified atom stereocenters. The Balaban J connectivity index is 2.01. The number of sulfonamides is 1. The van der Waals surface area contributed by atoms with E-state index in [1.165, 1.54) is 25.2 Å². The maximum atomic E-state index is 14.0. The highest BCUT2D eigenvalue weighted by molar-refractivity contribution is 7.92. The van der Waals surface area contributed by atoms with E-state index in [2.05, 4.69) is 5.32 Å². The van der Waals surface area contributed by atoms with Crippen LogP contribution >= 0.6 is 23.2 Å². The highest BCUT2D eigenvalue weighted by atomic mass is 35.5. The molecule has 9 nitrogen and oxygen atoms in total. The average molecular weight is 601 g/mol. The highest BCUT2D eigenvalue weighted by Gasteiger charge is 2.34. The van der Waals surface area contributed by atoms with Gasteiger partial charge in [0.15, 0.2) is 0 Å². The second-order valence-corrected chi connectivity index (χ2v) is 12.2. The van der Waals surface area contributed by atoms with Gasteiger partial charge in [-0.3, -0.25) is 13.9 Å². The molecule has 214 valence electrons. The fourth-order valence-electron chi connectivity index (χ4n) is 4.71. The van der Waals surface area contributed by atoms with Gasteiger partial charge < -0.3 is 19.7 Å². The molecule has 2 aromatic rings. The van der Waals surface area contributed by atoms with Crippen LogP contribution in [-0.2, 0) is 26.2 Å². The van der Waals surface area contributed by atoms with Crippen molar-refractivity contribution in [2.24, 2.45) is 0 Å². The normalized spacial score (nSPS) is 14.5. The summed E-state index contributed by atoms with van der Waals surface area (Å²) < 4.78 is 37.5. The lowest BCUT2D eigenvalue weighted by Gasteiger charge is -2.34. The van der Waals surface area contributed by atoms with Crippen molar-refractivity contribution in [3.63, 3.8) is 0 Å².